The summed E-state index contributed by atoms with van der Waals surface area (Å²) in [5, 5.41) is 2.02. The third-order valence-corrected chi connectivity index (χ3v) is 2.49. The molecule has 0 aliphatic heterocycles. The van der Waals surface area contributed by atoms with E-state index in [0.29, 0.717) is 19.2 Å². The maximum Gasteiger partial charge on any atom is 0.330 e. The van der Waals surface area contributed by atoms with Gasteiger partial charge in [-0.25, -0.2) is 19.7 Å². The van der Waals surface area contributed by atoms with Crippen LogP contribution in [0.1, 0.15) is 6.42 Å². The second-order valence-corrected chi connectivity index (χ2v) is 4.26. The van der Waals surface area contributed by atoms with E-state index in [-0.39, 0.29) is 39.5 Å². The first-order chi connectivity index (χ1) is 12.1. The number of ether oxygens (including phenoxy) is 2. The second kappa shape index (κ2) is 14.8. The molecule has 10 heteroatoms. The lowest BCUT2D eigenvalue weighted by molar-refractivity contribution is -0.187. The van der Waals surface area contributed by atoms with Crippen molar-refractivity contribution >= 4 is 24.8 Å². The first kappa shape index (κ1) is 22.3. The zero-order valence-corrected chi connectivity index (χ0v) is 13.8. The van der Waals surface area contributed by atoms with E-state index < -0.39 is 11.9 Å². The van der Waals surface area contributed by atoms with Crippen molar-refractivity contribution in [2.24, 2.45) is 0 Å². The van der Waals surface area contributed by atoms with Gasteiger partial charge in [0.05, 0.1) is 13.1 Å². The van der Waals surface area contributed by atoms with Crippen molar-refractivity contribution in [1.29, 1.82) is 0 Å². The number of nitrogens with zero attached hydrogens (tertiary/aromatic N) is 2. The molecule has 0 aromatic heterocycles. The maximum absolute atomic E-state index is 10.8. The molecule has 0 radical (unpaired) electrons. The van der Waals surface area contributed by atoms with Gasteiger partial charge >= 0.3 is 11.9 Å². The van der Waals surface area contributed by atoms with Gasteiger partial charge in [0.2, 0.25) is 12.8 Å². The molecule has 0 aromatic rings. The summed E-state index contributed by atoms with van der Waals surface area (Å²) in [5.74, 6) is -1.17. The van der Waals surface area contributed by atoms with Crippen LogP contribution >= 0.6 is 0 Å². The van der Waals surface area contributed by atoms with Gasteiger partial charge in [-0.15, -0.1) is 0 Å². The zero-order chi connectivity index (χ0) is 18.9. The molecule has 0 N–H and O–H groups in total. The van der Waals surface area contributed by atoms with Gasteiger partial charge in [-0.1, -0.05) is 13.2 Å². The molecule has 0 aliphatic carbocycles. The Bertz CT molecular complexity index is 415. The van der Waals surface area contributed by atoms with Gasteiger partial charge < -0.3 is 9.47 Å². The molecule has 0 bridgehead atoms. The van der Waals surface area contributed by atoms with E-state index in [9.17, 15) is 19.2 Å². The molecular weight excluding hydrogens is 336 g/mol. The molecular formula is C15H22N2O8. The lowest BCUT2D eigenvalue weighted by Gasteiger charge is -2.20. The Hall–Kier alpha value is -2.72. The molecule has 0 saturated carbocycles. The quantitative estimate of drug-likeness (QED) is 0.121. The highest BCUT2D eigenvalue weighted by atomic mass is 16.7. The lowest BCUT2D eigenvalue weighted by atomic mass is 10.4. The summed E-state index contributed by atoms with van der Waals surface area (Å²) in [6, 6.07) is 0. The van der Waals surface area contributed by atoms with Crippen molar-refractivity contribution in [2.75, 3.05) is 39.5 Å². The van der Waals surface area contributed by atoms with E-state index >= 15 is 0 Å². The Morgan fingerprint density at radius 1 is 0.760 bits per heavy atom. The fraction of sp³-hybridized carbons (Fsp3) is 0.467. The Labute approximate surface area is 145 Å². The maximum atomic E-state index is 10.8. The minimum atomic E-state index is -0.584. The normalized spacial score (nSPS) is 9.60. The Morgan fingerprint density at radius 3 is 1.48 bits per heavy atom. The molecule has 0 spiro atoms. The molecule has 0 saturated heterocycles. The van der Waals surface area contributed by atoms with Crippen LogP contribution in [0.4, 0.5) is 0 Å². The molecule has 140 valence electrons. The minimum Gasteiger partial charge on any atom is -0.460 e. The summed E-state index contributed by atoms with van der Waals surface area (Å²) >= 11 is 0. The molecule has 0 atom stereocenters. The zero-order valence-electron chi connectivity index (χ0n) is 13.8. The molecule has 0 fully saturated rings. The van der Waals surface area contributed by atoms with Crippen molar-refractivity contribution in [2.45, 2.75) is 6.42 Å². The first-order valence-electron chi connectivity index (χ1n) is 7.35. The average Bonchev–Trinajstić information content (AvgIpc) is 2.64. The summed E-state index contributed by atoms with van der Waals surface area (Å²) in [6.45, 7) is 6.81. The molecule has 0 rings (SSSR count). The van der Waals surface area contributed by atoms with Gasteiger partial charge in [0.15, 0.2) is 0 Å². The highest BCUT2D eigenvalue weighted by Gasteiger charge is 2.07. The van der Waals surface area contributed by atoms with Gasteiger partial charge in [0.1, 0.15) is 26.4 Å². The van der Waals surface area contributed by atoms with E-state index in [1.165, 1.54) is 0 Å². The highest BCUT2D eigenvalue weighted by molar-refractivity contribution is 5.81. The summed E-state index contributed by atoms with van der Waals surface area (Å²) in [4.78, 5) is 53.5. The lowest BCUT2D eigenvalue weighted by Crippen LogP contribution is -2.31. The number of amides is 2. The predicted molar refractivity (Wildman–Crippen MR) is 84.4 cm³/mol. The van der Waals surface area contributed by atoms with Crippen molar-refractivity contribution in [3.8, 4) is 0 Å². The summed E-state index contributed by atoms with van der Waals surface area (Å²) in [7, 11) is 0. The van der Waals surface area contributed by atoms with Gasteiger partial charge in [-0.3, -0.25) is 19.3 Å². The Morgan fingerprint density at radius 2 is 1.16 bits per heavy atom. The van der Waals surface area contributed by atoms with E-state index in [0.717, 1.165) is 22.3 Å². The van der Waals surface area contributed by atoms with Crippen LogP contribution in [0.2, 0.25) is 0 Å². The standard InChI is InChI=1S/C15H22N2O8/c1-3-14(20)22-8-10-24-16(12-18)6-5-7-17(13-19)25-11-9-23-15(21)4-2/h3-4,12-13H,1-2,5-11H2. The van der Waals surface area contributed by atoms with Crippen LogP contribution in [-0.2, 0) is 38.3 Å². The molecule has 0 heterocycles. The molecule has 2 amide bonds. The van der Waals surface area contributed by atoms with E-state index in [1.54, 1.807) is 0 Å². The SMILES string of the molecule is C=CC(=O)OCCON(C=O)CCCN(C=O)OCCOC(=O)C=C. The minimum absolute atomic E-state index is 0.000879. The third-order valence-electron chi connectivity index (χ3n) is 2.49. The van der Waals surface area contributed by atoms with Crippen LogP contribution in [0.25, 0.3) is 0 Å². The monoisotopic (exact) mass is 358 g/mol. The molecule has 0 aliphatic rings. The number of carbonyl (C=O) groups excluding carboxylic acids is 4. The van der Waals surface area contributed by atoms with E-state index in [1.807, 2.05) is 0 Å². The Balaban J connectivity index is 3.85. The number of hydrogen-bond acceptors (Lipinski definition) is 8. The highest BCUT2D eigenvalue weighted by Crippen LogP contribution is 1.95. The van der Waals surface area contributed by atoms with Crippen LogP contribution in [0.3, 0.4) is 0 Å². The molecule has 10 nitrogen and oxygen atoms in total. The smallest absolute Gasteiger partial charge is 0.330 e. The summed E-state index contributed by atoms with van der Waals surface area (Å²) in [5.41, 5.74) is 0. The van der Waals surface area contributed by atoms with Crippen LogP contribution in [0, 0.1) is 0 Å². The van der Waals surface area contributed by atoms with Gasteiger partial charge in [-0.05, 0) is 6.42 Å². The Kier molecular flexibility index (Phi) is 13.2. The van der Waals surface area contributed by atoms with Crippen LogP contribution in [-0.4, -0.2) is 74.4 Å². The van der Waals surface area contributed by atoms with E-state index in [4.69, 9.17) is 9.68 Å². The van der Waals surface area contributed by atoms with Crippen LogP contribution < -0.4 is 0 Å². The van der Waals surface area contributed by atoms with Gasteiger partial charge in [0, 0.05) is 12.2 Å². The fourth-order valence-corrected chi connectivity index (χ4v) is 1.39. The summed E-state index contributed by atoms with van der Waals surface area (Å²) in [6.07, 6.45) is 3.34. The molecule has 0 unspecified atom stereocenters. The van der Waals surface area contributed by atoms with Crippen molar-refractivity contribution in [3.05, 3.63) is 25.3 Å². The largest absolute Gasteiger partial charge is 0.460 e. The van der Waals surface area contributed by atoms with Gasteiger partial charge in [-0.2, -0.15) is 0 Å². The number of hydroxylamine groups is 4. The second-order valence-electron chi connectivity index (χ2n) is 4.26. The van der Waals surface area contributed by atoms with Gasteiger partial charge in [0.25, 0.3) is 0 Å². The molecule has 25 heavy (non-hydrogen) atoms. The van der Waals surface area contributed by atoms with E-state index in [2.05, 4.69) is 22.6 Å². The van der Waals surface area contributed by atoms with Crippen LogP contribution in [0.15, 0.2) is 25.3 Å². The predicted octanol–water partition coefficient (Wildman–Crippen LogP) is -0.385. The molecule has 0 aromatic carbocycles. The fourth-order valence-electron chi connectivity index (χ4n) is 1.39. The number of esters is 2. The number of rotatable bonds is 16. The van der Waals surface area contributed by atoms with Crippen molar-refractivity contribution in [1.82, 2.24) is 10.1 Å². The number of carbonyl (C=O) groups is 4. The van der Waals surface area contributed by atoms with Crippen LogP contribution in [0.5, 0.6) is 0 Å². The topological polar surface area (TPSA) is 112 Å². The average molecular weight is 358 g/mol. The third kappa shape index (κ3) is 12.4. The van der Waals surface area contributed by atoms with Crippen molar-refractivity contribution < 1.29 is 38.3 Å². The number of hydrogen-bond donors (Lipinski definition) is 0. The first-order valence-corrected chi connectivity index (χ1v) is 7.35. The van der Waals surface area contributed by atoms with Crippen molar-refractivity contribution in [3.63, 3.8) is 0 Å². The summed E-state index contributed by atoms with van der Waals surface area (Å²) < 4.78 is 9.37.